The summed E-state index contributed by atoms with van der Waals surface area (Å²) in [6, 6.07) is 9.42. The normalized spacial score (nSPS) is 11.8. The third kappa shape index (κ3) is 5.72. The molecule has 1 aromatic rings. The number of amides is 3. The van der Waals surface area contributed by atoms with Crippen LogP contribution in [0.15, 0.2) is 30.3 Å². The van der Waals surface area contributed by atoms with Crippen LogP contribution >= 0.6 is 11.8 Å². The standard InChI is InChI=1S/C13H18N2O2S/c1-10(12(16)15-13(14)17)18-9-5-8-11-6-3-2-4-7-11/h2-4,6-7,10H,5,8-9H2,1H3,(H3,14,15,16,17). The molecule has 0 bridgehead atoms. The molecule has 0 aliphatic rings. The molecule has 0 fully saturated rings. The molecule has 1 unspecified atom stereocenters. The van der Waals surface area contributed by atoms with Crippen LogP contribution in [-0.2, 0) is 11.2 Å². The number of primary amides is 1. The lowest BCUT2D eigenvalue weighted by Gasteiger charge is -2.09. The molecule has 0 aliphatic heterocycles. The second-order valence-corrected chi connectivity index (χ2v) is 5.40. The summed E-state index contributed by atoms with van der Waals surface area (Å²) in [5.74, 6) is 0.551. The lowest BCUT2D eigenvalue weighted by Crippen LogP contribution is -2.39. The summed E-state index contributed by atoms with van der Waals surface area (Å²) >= 11 is 1.53. The number of carbonyl (C=O) groups excluding carboxylic acids is 2. The van der Waals surface area contributed by atoms with E-state index >= 15 is 0 Å². The zero-order valence-corrected chi connectivity index (χ0v) is 11.2. The fraction of sp³-hybridized carbons (Fsp3) is 0.385. The lowest BCUT2D eigenvalue weighted by atomic mass is 10.1. The summed E-state index contributed by atoms with van der Waals surface area (Å²) in [5.41, 5.74) is 6.18. The first kappa shape index (κ1) is 14.6. The van der Waals surface area contributed by atoms with Gasteiger partial charge in [0.2, 0.25) is 5.91 Å². The van der Waals surface area contributed by atoms with E-state index in [0.29, 0.717) is 0 Å². The molecule has 3 N–H and O–H groups in total. The van der Waals surface area contributed by atoms with Gasteiger partial charge in [-0.15, -0.1) is 11.8 Å². The molecule has 0 aromatic heterocycles. The highest BCUT2D eigenvalue weighted by Gasteiger charge is 2.14. The number of nitrogens with two attached hydrogens (primary N) is 1. The van der Waals surface area contributed by atoms with Gasteiger partial charge in [-0.2, -0.15) is 0 Å². The van der Waals surface area contributed by atoms with Gasteiger partial charge in [0.15, 0.2) is 0 Å². The maximum atomic E-state index is 11.4. The van der Waals surface area contributed by atoms with E-state index in [9.17, 15) is 9.59 Å². The number of benzene rings is 1. The van der Waals surface area contributed by atoms with Gasteiger partial charge >= 0.3 is 6.03 Å². The number of hydrogen-bond acceptors (Lipinski definition) is 3. The molecule has 4 nitrogen and oxygen atoms in total. The highest BCUT2D eigenvalue weighted by Crippen LogP contribution is 2.13. The minimum absolute atomic E-state index is 0.256. The van der Waals surface area contributed by atoms with Crippen LogP contribution in [0.3, 0.4) is 0 Å². The van der Waals surface area contributed by atoms with Crippen LogP contribution in [0.25, 0.3) is 0 Å². The first-order chi connectivity index (χ1) is 8.59. The van der Waals surface area contributed by atoms with Gasteiger partial charge < -0.3 is 5.73 Å². The first-order valence-electron chi connectivity index (χ1n) is 5.85. The number of aryl methyl sites for hydroxylation is 1. The Morgan fingerprint density at radius 1 is 1.33 bits per heavy atom. The van der Waals surface area contributed by atoms with Crippen molar-refractivity contribution in [2.45, 2.75) is 25.0 Å². The topological polar surface area (TPSA) is 72.2 Å². The van der Waals surface area contributed by atoms with Crippen LogP contribution < -0.4 is 11.1 Å². The number of nitrogens with one attached hydrogen (secondary N) is 1. The fourth-order valence-corrected chi connectivity index (χ4v) is 2.35. The van der Waals surface area contributed by atoms with Crippen molar-refractivity contribution >= 4 is 23.7 Å². The summed E-state index contributed by atoms with van der Waals surface area (Å²) < 4.78 is 0. The monoisotopic (exact) mass is 266 g/mol. The third-order valence-corrected chi connectivity index (χ3v) is 3.67. The van der Waals surface area contributed by atoms with E-state index in [1.165, 1.54) is 17.3 Å². The van der Waals surface area contributed by atoms with Crippen LogP contribution in [0.2, 0.25) is 0 Å². The van der Waals surface area contributed by atoms with Crippen molar-refractivity contribution in [3.8, 4) is 0 Å². The summed E-state index contributed by atoms with van der Waals surface area (Å²) in [6.45, 7) is 1.77. The molecular formula is C13H18N2O2S. The second kappa shape index (κ2) is 7.76. The van der Waals surface area contributed by atoms with Crippen molar-refractivity contribution in [2.75, 3.05) is 5.75 Å². The second-order valence-electron chi connectivity index (χ2n) is 3.96. The van der Waals surface area contributed by atoms with Gasteiger partial charge in [0.05, 0.1) is 5.25 Å². The Morgan fingerprint density at radius 2 is 2.00 bits per heavy atom. The molecule has 18 heavy (non-hydrogen) atoms. The highest BCUT2D eigenvalue weighted by molar-refractivity contribution is 8.00. The zero-order chi connectivity index (χ0) is 13.4. The molecule has 98 valence electrons. The van der Waals surface area contributed by atoms with Crippen molar-refractivity contribution in [2.24, 2.45) is 5.73 Å². The third-order valence-electron chi connectivity index (χ3n) is 2.44. The van der Waals surface area contributed by atoms with E-state index in [0.717, 1.165) is 18.6 Å². The summed E-state index contributed by atoms with van der Waals surface area (Å²) in [5, 5.41) is 1.82. The molecule has 0 heterocycles. The van der Waals surface area contributed by atoms with Gasteiger partial charge in [-0.25, -0.2) is 4.79 Å². The predicted octanol–water partition coefficient (Wildman–Crippen LogP) is 1.94. The van der Waals surface area contributed by atoms with Gasteiger partial charge in [0.25, 0.3) is 0 Å². The Bertz CT molecular complexity index is 395. The molecule has 0 saturated heterocycles. The molecule has 1 atom stereocenters. The lowest BCUT2D eigenvalue weighted by molar-refractivity contribution is -0.119. The maximum absolute atomic E-state index is 11.4. The van der Waals surface area contributed by atoms with E-state index in [1.807, 2.05) is 18.2 Å². The number of imide groups is 1. The Labute approximate surface area is 111 Å². The molecule has 0 saturated carbocycles. The molecule has 5 heteroatoms. The average Bonchev–Trinajstić information content (AvgIpc) is 2.34. The minimum atomic E-state index is -0.795. The van der Waals surface area contributed by atoms with Crippen LogP contribution in [0.4, 0.5) is 4.79 Å². The first-order valence-corrected chi connectivity index (χ1v) is 6.90. The predicted molar refractivity (Wildman–Crippen MR) is 74.4 cm³/mol. The molecule has 1 aromatic carbocycles. The fourth-order valence-electron chi connectivity index (χ4n) is 1.48. The van der Waals surface area contributed by atoms with Gasteiger partial charge in [-0.1, -0.05) is 30.3 Å². The minimum Gasteiger partial charge on any atom is -0.351 e. The van der Waals surface area contributed by atoms with Gasteiger partial charge in [0, 0.05) is 0 Å². The van der Waals surface area contributed by atoms with Gasteiger partial charge in [-0.05, 0) is 31.1 Å². The maximum Gasteiger partial charge on any atom is 0.318 e. The van der Waals surface area contributed by atoms with Crippen LogP contribution in [0.1, 0.15) is 18.9 Å². The Kier molecular flexibility index (Phi) is 6.28. The van der Waals surface area contributed by atoms with Crippen molar-refractivity contribution < 1.29 is 9.59 Å². The quantitative estimate of drug-likeness (QED) is 0.773. The highest BCUT2D eigenvalue weighted by atomic mass is 32.2. The molecule has 0 spiro atoms. The number of carbonyl (C=O) groups is 2. The van der Waals surface area contributed by atoms with Crippen LogP contribution in [-0.4, -0.2) is 22.9 Å². The zero-order valence-electron chi connectivity index (χ0n) is 10.4. The number of thioether (sulfide) groups is 1. The SMILES string of the molecule is CC(SCCCc1ccccc1)C(=O)NC(N)=O. The number of urea groups is 1. The molecule has 0 aliphatic carbocycles. The summed E-state index contributed by atoms with van der Waals surface area (Å²) in [6.07, 6.45) is 2.00. The molecule has 3 amide bonds. The molecular weight excluding hydrogens is 248 g/mol. The van der Waals surface area contributed by atoms with Gasteiger partial charge in [0.1, 0.15) is 0 Å². The van der Waals surface area contributed by atoms with E-state index in [4.69, 9.17) is 5.73 Å². The van der Waals surface area contributed by atoms with Crippen molar-refractivity contribution in [3.05, 3.63) is 35.9 Å². The van der Waals surface area contributed by atoms with Crippen molar-refractivity contribution in [3.63, 3.8) is 0 Å². The van der Waals surface area contributed by atoms with Crippen LogP contribution in [0.5, 0.6) is 0 Å². The van der Waals surface area contributed by atoms with Gasteiger partial charge in [-0.3, -0.25) is 10.1 Å². The van der Waals surface area contributed by atoms with E-state index in [1.54, 1.807) is 6.92 Å². The van der Waals surface area contributed by atoms with Crippen molar-refractivity contribution in [1.29, 1.82) is 0 Å². The average molecular weight is 266 g/mol. The molecule has 0 radical (unpaired) electrons. The Balaban J connectivity index is 2.18. The van der Waals surface area contributed by atoms with E-state index in [-0.39, 0.29) is 11.2 Å². The Morgan fingerprint density at radius 3 is 2.61 bits per heavy atom. The van der Waals surface area contributed by atoms with Crippen molar-refractivity contribution in [1.82, 2.24) is 5.32 Å². The van der Waals surface area contributed by atoms with Crippen LogP contribution in [0, 0.1) is 0 Å². The largest absolute Gasteiger partial charge is 0.351 e. The number of hydrogen-bond donors (Lipinski definition) is 2. The molecule has 1 rings (SSSR count). The Hall–Kier alpha value is -1.49. The number of rotatable bonds is 6. The van der Waals surface area contributed by atoms with E-state index < -0.39 is 6.03 Å². The smallest absolute Gasteiger partial charge is 0.318 e. The summed E-state index contributed by atoms with van der Waals surface area (Å²) in [4.78, 5) is 21.9. The van der Waals surface area contributed by atoms with E-state index in [2.05, 4.69) is 17.4 Å². The summed E-state index contributed by atoms with van der Waals surface area (Å²) in [7, 11) is 0.